The van der Waals surface area contributed by atoms with Crippen LogP contribution >= 0.6 is 34.8 Å². The van der Waals surface area contributed by atoms with E-state index in [1.165, 1.54) is 5.56 Å². The van der Waals surface area contributed by atoms with Crippen molar-refractivity contribution in [1.29, 1.82) is 0 Å². The number of fused-ring (bicyclic) bond motifs is 2. The molecule has 2 aliphatic heterocycles. The lowest BCUT2D eigenvalue weighted by molar-refractivity contribution is -0.119. The minimum Gasteiger partial charge on any atom is -0.354 e. The van der Waals surface area contributed by atoms with Gasteiger partial charge in [0.15, 0.2) is 0 Å². The van der Waals surface area contributed by atoms with Crippen LogP contribution in [-0.2, 0) is 35.3 Å². The second-order valence-electron chi connectivity index (χ2n) is 9.45. The molecule has 2 fully saturated rings. The molecule has 0 unspecified atom stereocenters. The monoisotopic (exact) mass is 567 g/mol. The second-order valence-corrected chi connectivity index (χ2v) is 10.5. The minimum absolute atomic E-state index is 0.0500. The van der Waals surface area contributed by atoms with Gasteiger partial charge in [0.25, 0.3) is 0 Å². The van der Waals surface area contributed by atoms with E-state index in [1.54, 1.807) is 0 Å². The molecule has 0 saturated carbocycles. The highest BCUT2D eigenvalue weighted by Gasteiger charge is 2.25. The van der Waals surface area contributed by atoms with Crippen LogP contribution in [0.1, 0.15) is 61.0 Å². The Morgan fingerprint density at radius 3 is 2.19 bits per heavy atom. The lowest BCUT2D eigenvalue weighted by atomic mass is 10.2. The van der Waals surface area contributed by atoms with Crippen molar-refractivity contribution in [3.05, 3.63) is 38.2 Å². The summed E-state index contributed by atoms with van der Waals surface area (Å²) in [7, 11) is 0. The maximum Gasteiger partial charge on any atom is 0.239 e. The maximum atomic E-state index is 11.6. The molecule has 4 aliphatic rings. The Morgan fingerprint density at radius 1 is 0.703 bits per heavy atom. The molecular weight excluding hydrogens is 537 g/mol. The third kappa shape index (κ3) is 7.96. The molecule has 0 spiro atoms. The van der Waals surface area contributed by atoms with Crippen LogP contribution < -0.4 is 15.5 Å². The molecule has 2 aromatic rings. The van der Waals surface area contributed by atoms with Crippen LogP contribution in [0.3, 0.4) is 0 Å². The van der Waals surface area contributed by atoms with Gasteiger partial charge in [-0.25, -0.2) is 19.9 Å². The van der Waals surface area contributed by atoms with Gasteiger partial charge in [0.2, 0.25) is 16.5 Å². The van der Waals surface area contributed by atoms with Crippen molar-refractivity contribution in [2.75, 3.05) is 37.6 Å². The molecule has 1 amide bonds. The van der Waals surface area contributed by atoms with Gasteiger partial charge < -0.3 is 15.5 Å². The summed E-state index contributed by atoms with van der Waals surface area (Å²) >= 11 is 17.4. The molecule has 2 aromatic heterocycles. The first-order valence-electron chi connectivity index (χ1n) is 12.9. The van der Waals surface area contributed by atoms with Crippen molar-refractivity contribution in [3.8, 4) is 0 Å². The molecule has 0 radical (unpaired) electrons. The van der Waals surface area contributed by atoms with E-state index in [4.69, 9.17) is 34.8 Å². The van der Waals surface area contributed by atoms with Crippen molar-refractivity contribution in [2.45, 2.75) is 64.2 Å². The van der Waals surface area contributed by atoms with Crippen molar-refractivity contribution in [3.63, 3.8) is 0 Å². The molecule has 2 saturated heterocycles. The van der Waals surface area contributed by atoms with Gasteiger partial charge in [0.1, 0.15) is 16.8 Å². The third-order valence-corrected chi connectivity index (χ3v) is 7.33. The van der Waals surface area contributed by atoms with E-state index in [0.717, 1.165) is 107 Å². The first kappa shape index (κ1) is 28.0. The van der Waals surface area contributed by atoms with Crippen LogP contribution in [0.15, 0.2) is 0 Å². The fraction of sp³-hybridized carbons (Fsp3) is 0.600. The molecule has 37 heavy (non-hydrogen) atoms. The van der Waals surface area contributed by atoms with Gasteiger partial charge in [-0.15, -0.1) is 0 Å². The van der Waals surface area contributed by atoms with Crippen molar-refractivity contribution in [1.82, 2.24) is 30.6 Å². The zero-order valence-corrected chi connectivity index (χ0v) is 23.1. The number of ketones is 1. The van der Waals surface area contributed by atoms with Crippen molar-refractivity contribution >= 4 is 52.3 Å². The summed E-state index contributed by atoms with van der Waals surface area (Å²) in [6.45, 7) is 3.54. The maximum absolute atomic E-state index is 11.6. The van der Waals surface area contributed by atoms with Gasteiger partial charge in [-0.2, -0.15) is 0 Å². The zero-order valence-electron chi connectivity index (χ0n) is 20.8. The van der Waals surface area contributed by atoms with Crippen LogP contribution in [0, 0.1) is 0 Å². The Balaban J connectivity index is 0.000000143. The number of hydrogen-bond acceptors (Lipinski definition) is 8. The molecular formula is C25H32Cl3N7O2. The number of aryl methyl sites for hydroxylation is 2. The predicted molar refractivity (Wildman–Crippen MR) is 145 cm³/mol. The molecule has 200 valence electrons. The van der Waals surface area contributed by atoms with E-state index in [0.29, 0.717) is 24.0 Å². The van der Waals surface area contributed by atoms with Crippen LogP contribution in [0.5, 0.6) is 0 Å². The number of rotatable bonds is 1. The Bertz CT molecular complexity index is 1120. The van der Waals surface area contributed by atoms with Gasteiger partial charge in [-0.1, -0.05) is 11.6 Å². The van der Waals surface area contributed by atoms with Gasteiger partial charge in [-0.05, 0) is 87.5 Å². The number of carbonyl (C=O) groups is 2. The second kappa shape index (κ2) is 13.6. The molecule has 9 nitrogen and oxygen atoms in total. The van der Waals surface area contributed by atoms with Gasteiger partial charge in [0.05, 0.1) is 24.5 Å². The molecule has 2 N–H and O–H groups in total. The summed E-state index contributed by atoms with van der Waals surface area (Å²) in [5.41, 5.74) is 4.33. The van der Waals surface area contributed by atoms with Crippen LogP contribution in [0.25, 0.3) is 0 Å². The Kier molecular flexibility index (Phi) is 10.3. The fourth-order valence-electron chi connectivity index (χ4n) is 4.88. The van der Waals surface area contributed by atoms with Gasteiger partial charge in [0, 0.05) is 30.6 Å². The number of Topliss-reactive ketones (excluding diaryl/α,β-unsaturated/α-hetero) is 1. The normalized spacial score (nSPS) is 18.8. The quantitative estimate of drug-likeness (QED) is 0.397. The molecule has 6 rings (SSSR count). The molecule has 2 aliphatic carbocycles. The fourth-order valence-corrected chi connectivity index (χ4v) is 5.57. The van der Waals surface area contributed by atoms with E-state index >= 15 is 0 Å². The highest BCUT2D eigenvalue weighted by Crippen LogP contribution is 2.30. The summed E-state index contributed by atoms with van der Waals surface area (Å²) in [4.78, 5) is 40.8. The number of carbonyl (C=O) groups excluding carboxylic acids is 2. The van der Waals surface area contributed by atoms with Gasteiger partial charge >= 0.3 is 0 Å². The first-order chi connectivity index (χ1) is 17.9. The number of nitrogens with one attached hydrogen (secondary N) is 2. The number of anilines is 1. The van der Waals surface area contributed by atoms with Crippen LogP contribution in [0.2, 0.25) is 15.7 Å². The predicted octanol–water partition coefficient (Wildman–Crippen LogP) is 3.55. The molecule has 0 atom stereocenters. The zero-order chi connectivity index (χ0) is 26.2. The highest BCUT2D eigenvalue weighted by molar-refractivity contribution is 6.32. The van der Waals surface area contributed by atoms with Crippen molar-refractivity contribution < 1.29 is 9.59 Å². The van der Waals surface area contributed by atoms with Crippen LogP contribution in [-0.4, -0.2) is 64.4 Å². The third-order valence-electron chi connectivity index (χ3n) is 6.68. The van der Waals surface area contributed by atoms with E-state index in [9.17, 15) is 9.59 Å². The average molecular weight is 569 g/mol. The lowest BCUT2D eigenvalue weighted by Crippen LogP contribution is -2.34. The van der Waals surface area contributed by atoms with E-state index < -0.39 is 0 Å². The minimum atomic E-state index is 0.0500. The standard InChI is InChI=1S/C12H15ClN4O.C7H6Cl2N2.C6H11NO/c13-12-15-9-4-1-3-8(9)11(16-12)17-6-2-5-14-10(18)7-17;8-6-4-2-1-3-5(4)10-7(9)11-6;8-6-3-1-2-4-7-5-6/h1-7H2,(H,14,18);1-3H2;7H,1-5H2. The largest absolute Gasteiger partial charge is 0.354 e. The average Bonchev–Trinajstić information content (AvgIpc) is 3.40. The summed E-state index contributed by atoms with van der Waals surface area (Å²) < 4.78 is 0. The number of halogens is 3. The number of hydrogen-bond donors (Lipinski definition) is 2. The SMILES string of the molecule is Clc1nc(Cl)c2c(n1)CCC2.O=C1CCCCNC1.O=C1CN(c2nc(Cl)nc3c2CCC3)CCCN1. The Morgan fingerprint density at radius 2 is 1.41 bits per heavy atom. The van der Waals surface area contributed by atoms with E-state index in [-0.39, 0.29) is 16.5 Å². The number of aromatic nitrogens is 4. The first-order valence-corrected chi connectivity index (χ1v) is 14.0. The van der Waals surface area contributed by atoms with E-state index in [1.807, 2.05) is 4.90 Å². The Hall–Kier alpha value is -2.07. The summed E-state index contributed by atoms with van der Waals surface area (Å²) in [5, 5.41) is 6.99. The van der Waals surface area contributed by atoms with E-state index in [2.05, 4.69) is 30.6 Å². The number of nitrogens with zero attached hydrogens (tertiary/aromatic N) is 5. The highest BCUT2D eigenvalue weighted by atomic mass is 35.5. The molecule has 0 aromatic carbocycles. The topological polar surface area (TPSA) is 113 Å². The number of amides is 1. The van der Waals surface area contributed by atoms with Crippen LogP contribution in [0.4, 0.5) is 5.82 Å². The Labute approximate surface area is 232 Å². The summed E-state index contributed by atoms with van der Waals surface area (Å²) in [6.07, 6.45) is 10.1. The summed E-state index contributed by atoms with van der Waals surface area (Å²) in [6, 6.07) is 0. The van der Waals surface area contributed by atoms with Crippen molar-refractivity contribution in [2.24, 2.45) is 0 Å². The van der Waals surface area contributed by atoms with Gasteiger partial charge in [-0.3, -0.25) is 9.59 Å². The smallest absolute Gasteiger partial charge is 0.239 e. The lowest BCUT2D eigenvalue weighted by Gasteiger charge is -2.22. The molecule has 4 heterocycles. The summed E-state index contributed by atoms with van der Waals surface area (Å²) in [5.74, 6) is 1.27. The molecule has 0 bridgehead atoms. The molecule has 12 heteroatoms.